The van der Waals surface area contributed by atoms with E-state index in [2.05, 4.69) is 5.32 Å². The van der Waals surface area contributed by atoms with Gasteiger partial charge in [-0.15, -0.1) is 0 Å². The van der Waals surface area contributed by atoms with Crippen LogP contribution in [0.4, 0.5) is 11.4 Å². The molecule has 1 aromatic carbocycles. The Balaban J connectivity index is 3.05. The second kappa shape index (κ2) is 7.06. The van der Waals surface area contributed by atoms with Crippen LogP contribution in [0.15, 0.2) is 18.2 Å². The first-order valence-electron chi connectivity index (χ1n) is 6.36. The molecular weight excluding hydrogens is 264 g/mol. The highest BCUT2D eigenvalue weighted by Crippen LogP contribution is 2.28. The fourth-order valence-corrected chi connectivity index (χ4v) is 1.54. The van der Waals surface area contributed by atoms with Gasteiger partial charge >= 0.3 is 0 Å². The van der Waals surface area contributed by atoms with Crippen molar-refractivity contribution in [2.24, 2.45) is 0 Å². The minimum atomic E-state index is -0.961. The van der Waals surface area contributed by atoms with Gasteiger partial charge in [-0.2, -0.15) is 0 Å². The van der Waals surface area contributed by atoms with Crippen molar-refractivity contribution in [3.05, 3.63) is 28.3 Å². The Bertz CT molecular complexity index is 460. The SMILES string of the molecule is CCCOc1cc(NC(C)(CO)CO)cc([N+](=O)[O-])c1. The minimum absolute atomic E-state index is 0.112. The first kappa shape index (κ1) is 16.2. The predicted molar refractivity (Wildman–Crippen MR) is 75.1 cm³/mol. The van der Waals surface area contributed by atoms with Gasteiger partial charge < -0.3 is 20.3 Å². The van der Waals surface area contributed by atoms with Crippen LogP contribution in [0.3, 0.4) is 0 Å². The number of nitrogens with zero attached hydrogens (tertiary/aromatic N) is 1. The van der Waals surface area contributed by atoms with E-state index >= 15 is 0 Å². The predicted octanol–water partition coefficient (Wildman–Crippen LogP) is 1.54. The Morgan fingerprint density at radius 1 is 1.35 bits per heavy atom. The number of aliphatic hydroxyl groups is 2. The molecule has 0 aliphatic carbocycles. The number of hydrogen-bond acceptors (Lipinski definition) is 6. The molecule has 112 valence electrons. The highest BCUT2D eigenvalue weighted by Gasteiger charge is 2.23. The van der Waals surface area contributed by atoms with Gasteiger partial charge in [-0.25, -0.2) is 0 Å². The number of hydrogen-bond donors (Lipinski definition) is 3. The lowest BCUT2D eigenvalue weighted by Gasteiger charge is -2.27. The molecule has 0 fully saturated rings. The Labute approximate surface area is 117 Å². The van der Waals surface area contributed by atoms with Crippen molar-refractivity contribution in [2.45, 2.75) is 25.8 Å². The van der Waals surface area contributed by atoms with Gasteiger partial charge in [0, 0.05) is 17.8 Å². The van der Waals surface area contributed by atoms with E-state index in [1.54, 1.807) is 13.0 Å². The lowest BCUT2D eigenvalue weighted by molar-refractivity contribution is -0.384. The molecule has 0 unspecified atom stereocenters. The quantitative estimate of drug-likeness (QED) is 0.494. The minimum Gasteiger partial charge on any atom is -0.493 e. The molecule has 0 radical (unpaired) electrons. The van der Waals surface area contributed by atoms with Gasteiger partial charge in [0.05, 0.1) is 36.3 Å². The normalized spacial score (nSPS) is 11.2. The number of aliphatic hydroxyl groups excluding tert-OH is 2. The summed E-state index contributed by atoms with van der Waals surface area (Å²) in [7, 11) is 0. The van der Waals surface area contributed by atoms with E-state index < -0.39 is 10.5 Å². The van der Waals surface area contributed by atoms with Gasteiger partial charge in [0.25, 0.3) is 5.69 Å². The molecule has 0 aliphatic heterocycles. The van der Waals surface area contributed by atoms with Crippen LogP contribution in [-0.2, 0) is 0 Å². The summed E-state index contributed by atoms with van der Waals surface area (Å²) in [5.74, 6) is 0.377. The van der Waals surface area contributed by atoms with E-state index in [0.717, 1.165) is 6.42 Å². The molecule has 0 saturated carbocycles. The fourth-order valence-electron chi connectivity index (χ4n) is 1.54. The van der Waals surface area contributed by atoms with Crippen molar-refractivity contribution in [3.63, 3.8) is 0 Å². The van der Waals surface area contributed by atoms with Crippen molar-refractivity contribution >= 4 is 11.4 Å². The Morgan fingerprint density at radius 2 is 2.00 bits per heavy atom. The third-order valence-electron chi connectivity index (χ3n) is 2.72. The zero-order valence-corrected chi connectivity index (χ0v) is 11.6. The number of non-ortho nitro benzene ring substituents is 1. The molecule has 0 heterocycles. The molecule has 20 heavy (non-hydrogen) atoms. The number of ether oxygens (including phenoxy) is 1. The largest absolute Gasteiger partial charge is 0.493 e. The summed E-state index contributed by atoms with van der Waals surface area (Å²) in [6, 6.07) is 4.28. The standard InChI is InChI=1S/C13H20N2O5/c1-3-4-20-12-6-10(5-11(7-12)15(18)19)14-13(2,8-16)9-17/h5-7,14,16-17H,3-4,8-9H2,1-2H3. The molecule has 0 spiro atoms. The molecule has 0 amide bonds. The fraction of sp³-hybridized carbons (Fsp3) is 0.538. The number of benzene rings is 1. The molecule has 1 rings (SSSR count). The van der Waals surface area contributed by atoms with Crippen molar-refractivity contribution in [2.75, 3.05) is 25.1 Å². The second-order valence-corrected chi connectivity index (χ2v) is 4.82. The molecule has 1 aromatic rings. The van der Waals surface area contributed by atoms with Gasteiger partial charge in [-0.3, -0.25) is 10.1 Å². The van der Waals surface area contributed by atoms with E-state index in [9.17, 15) is 20.3 Å². The van der Waals surface area contributed by atoms with Crippen LogP contribution in [0.5, 0.6) is 5.75 Å². The number of nitrogens with one attached hydrogen (secondary N) is 1. The van der Waals surface area contributed by atoms with Gasteiger partial charge in [0.2, 0.25) is 0 Å². The maximum atomic E-state index is 10.9. The average Bonchev–Trinajstić information content (AvgIpc) is 2.44. The maximum absolute atomic E-state index is 10.9. The Hall–Kier alpha value is -1.86. The van der Waals surface area contributed by atoms with Crippen LogP contribution in [-0.4, -0.2) is 40.5 Å². The summed E-state index contributed by atoms with van der Waals surface area (Å²) in [4.78, 5) is 10.4. The topological polar surface area (TPSA) is 105 Å². The van der Waals surface area contributed by atoms with Crippen LogP contribution in [0.25, 0.3) is 0 Å². The smallest absolute Gasteiger partial charge is 0.275 e. The molecule has 0 aromatic heterocycles. The van der Waals surface area contributed by atoms with Gasteiger partial charge in [0.1, 0.15) is 5.75 Å². The molecular formula is C13H20N2O5. The van der Waals surface area contributed by atoms with Crippen LogP contribution >= 0.6 is 0 Å². The monoisotopic (exact) mass is 284 g/mol. The summed E-state index contributed by atoms with van der Waals surface area (Å²) in [5, 5.41) is 32.3. The summed E-state index contributed by atoms with van der Waals surface area (Å²) < 4.78 is 5.40. The molecule has 0 bridgehead atoms. The van der Waals surface area contributed by atoms with Crippen molar-refractivity contribution in [3.8, 4) is 5.75 Å². The third kappa shape index (κ3) is 4.36. The summed E-state index contributed by atoms with van der Waals surface area (Å²) in [5.41, 5.74) is -0.660. The van der Waals surface area contributed by atoms with Gasteiger partial charge in [-0.05, 0) is 13.3 Å². The lowest BCUT2D eigenvalue weighted by Crippen LogP contribution is -2.42. The highest BCUT2D eigenvalue weighted by atomic mass is 16.6. The number of nitro benzene ring substituents is 1. The Morgan fingerprint density at radius 3 is 2.50 bits per heavy atom. The number of rotatable bonds is 8. The van der Waals surface area contributed by atoms with Crippen molar-refractivity contribution in [1.82, 2.24) is 0 Å². The molecule has 0 saturated heterocycles. The van der Waals surface area contributed by atoms with Gasteiger partial charge in [-0.1, -0.05) is 6.92 Å². The van der Waals surface area contributed by atoms with Crippen LogP contribution in [0.1, 0.15) is 20.3 Å². The first-order valence-corrected chi connectivity index (χ1v) is 6.36. The van der Waals surface area contributed by atoms with Crippen LogP contribution in [0.2, 0.25) is 0 Å². The van der Waals surface area contributed by atoms with Crippen LogP contribution < -0.4 is 10.1 Å². The summed E-state index contributed by atoms with van der Waals surface area (Å²) in [6.45, 7) is 3.38. The first-order chi connectivity index (χ1) is 9.44. The number of anilines is 1. The molecule has 7 nitrogen and oxygen atoms in total. The van der Waals surface area contributed by atoms with Crippen molar-refractivity contribution < 1.29 is 19.9 Å². The summed E-state index contributed by atoms with van der Waals surface area (Å²) in [6.07, 6.45) is 0.788. The Kier molecular flexibility index (Phi) is 5.72. The molecule has 0 atom stereocenters. The summed E-state index contributed by atoms with van der Waals surface area (Å²) >= 11 is 0. The van der Waals surface area contributed by atoms with E-state index in [1.165, 1.54) is 12.1 Å². The second-order valence-electron chi connectivity index (χ2n) is 4.82. The maximum Gasteiger partial charge on any atom is 0.275 e. The van der Waals surface area contributed by atoms with E-state index in [1.807, 2.05) is 6.92 Å². The highest BCUT2D eigenvalue weighted by molar-refractivity contribution is 5.57. The molecule has 7 heteroatoms. The van der Waals surface area contributed by atoms with E-state index in [0.29, 0.717) is 18.0 Å². The van der Waals surface area contributed by atoms with E-state index in [4.69, 9.17) is 4.74 Å². The van der Waals surface area contributed by atoms with Gasteiger partial charge in [0.15, 0.2) is 0 Å². The zero-order valence-electron chi connectivity index (χ0n) is 11.6. The molecule has 0 aliphatic rings. The average molecular weight is 284 g/mol. The van der Waals surface area contributed by atoms with Crippen molar-refractivity contribution in [1.29, 1.82) is 0 Å². The number of nitro groups is 1. The zero-order chi connectivity index (χ0) is 15.2. The lowest BCUT2D eigenvalue weighted by atomic mass is 10.0. The molecule has 3 N–H and O–H groups in total. The van der Waals surface area contributed by atoms with Crippen LogP contribution in [0, 0.1) is 10.1 Å². The van der Waals surface area contributed by atoms with E-state index in [-0.39, 0.29) is 18.9 Å². The third-order valence-corrected chi connectivity index (χ3v) is 2.72.